The lowest BCUT2D eigenvalue weighted by Gasteiger charge is -2.18. The van der Waals surface area contributed by atoms with Crippen molar-refractivity contribution in [2.45, 2.75) is 18.8 Å². The van der Waals surface area contributed by atoms with Crippen molar-refractivity contribution >= 4 is 34.9 Å². The lowest BCUT2D eigenvalue weighted by atomic mass is 10.1. The van der Waals surface area contributed by atoms with Crippen LogP contribution in [0, 0.1) is 5.82 Å². The maximum Gasteiger partial charge on any atom is 0.407 e. The molecule has 2 aromatic carbocycles. The molecular formula is C16H13Cl2F4N3O. The highest BCUT2D eigenvalue weighted by Gasteiger charge is 2.38. The highest BCUT2D eigenvalue weighted by molar-refractivity contribution is 6.39. The molecule has 2 aromatic rings. The van der Waals surface area contributed by atoms with Crippen molar-refractivity contribution in [2.75, 3.05) is 5.32 Å². The third-order valence-electron chi connectivity index (χ3n) is 3.38. The molecule has 0 aliphatic rings. The summed E-state index contributed by atoms with van der Waals surface area (Å²) in [7, 11) is 0. The van der Waals surface area contributed by atoms with Gasteiger partial charge in [0.05, 0.1) is 15.7 Å². The van der Waals surface area contributed by atoms with E-state index >= 15 is 0 Å². The van der Waals surface area contributed by atoms with Crippen LogP contribution in [0.3, 0.4) is 0 Å². The Morgan fingerprint density at radius 2 is 1.65 bits per heavy atom. The second-order valence-corrected chi connectivity index (χ2v) is 6.13. The van der Waals surface area contributed by atoms with Crippen LogP contribution in [-0.4, -0.2) is 12.2 Å². The van der Waals surface area contributed by atoms with E-state index in [9.17, 15) is 22.4 Å². The minimum absolute atomic E-state index is 0.0527. The Hall–Kier alpha value is -2.03. The molecule has 0 aliphatic carbocycles. The van der Waals surface area contributed by atoms with E-state index in [4.69, 9.17) is 28.9 Å². The SMILES string of the molecule is NC(c1cc(Cl)c(NC(=O)NCc2ccc(F)cc2)c(Cl)c1)C(F)(F)F. The van der Waals surface area contributed by atoms with Crippen LogP contribution in [-0.2, 0) is 6.54 Å². The van der Waals surface area contributed by atoms with Crippen LogP contribution in [0.15, 0.2) is 36.4 Å². The Bertz CT molecular complexity index is 774. The Labute approximate surface area is 156 Å². The smallest absolute Gasteiger partial charge is 0.334 e. The number of amides is 2. The standard InChI is InChI=1S/C16H13Cl2F4N3O/c17-11-5-9(14(23)16(20,21)22)6-12(18)13(11)25-15(26)24-7-8-1-3-10(19)4-2-8/h1-6,14H,7,23H2,(H2,24,25,26). The third kappa shape index (κ3) is 5.23. The molecule has 0 aliphatic heterocycles. The number of carbonyl (C=O) groups is 1. The molecule has 0 spiro atoms. The molecule has 4 N–H and O–H groups in total. The molecular weight excluding hydrogens is 397 g/mol. The van der Waals surface area contributed by atoms with Gasteiger partial charge in [-0.15, -0.1) is 0 Å². The van der Waals surface area contributed by atoms with E-state index in [0.717, 1.165) is 12.1 Å². The highest BCUT2D eigenvalue weighted by Crippen LogP contribution is 2.37. The van der Waals surface area contributed by atoms with E-state index < -0.39 is 24.1 Å². The summed E-state index contributed by atoms with van der Waals surface area (Å²) in [5.41, 5.74) is 5.38. The fraction of sp³-hybridized carbons (Fsp3) is 0.188. The number of nitrogens with one attached hydrogen (secondary N) is 2. The molecule has 0 bridgehead atoms. The molecule has 26 heavy (non-hydrogen) atoms. The van der Waals surface area contributed by atoms with E-state index in [1.165, 1.54) is 24.3 Å². The van der Waals surface area contributed by atoms with Crippen molar-refractivity contribution in [1.29, 1.82) is 0 Å². The molecule has 10 heteroatoms. The number of nitrogens with two attached hydrogens (primary N) is 1. The minimum Gasteiger partial charge on any atom is -0.334 e. The zero-order chi connectivity index (χ0) is 19.5. The highest BCUT2D eigenvalue weighted by atomic mass is 35.5. The predicted octanol–water partition coefficient (Wildman–Crippen LogP) is 5.02. The van der Waals surface area contributed by atoms with Gasteiger partial charge in [-0.05, 0) is 35.4 Å². The Balaban J connectivity index is 2.06. The molecule has 0 fully saturated rings. The molecule has 140 valence electrons. The van der Waals surface area contributed by atoms with Crippen molar-refractivity contribution in [3.8, 4) is 0 Å². The summed E-state index contributed by atoms with van der Waals surface area (Å²) in [5.74, 6) is -0.408. The molecule has 1 unspecified atom stereocenters. The topological polar surface area (TPSA) is 67.1 Å². The lowest BCUT2D eigenvalue weighted by Crippen LogP contribution is -2.29. The summed E-state index contributed by atoms with van der Waals surface area (Å²) in [6.45, 7) is 0.0956. The van der Waals surface area contributed by atoms with Gasteiger partial charge in [0.1, 0.15) is 11.9 Å². The Morgan fingerprint density at radius 1 is 1.12 bits per heavy atom. The summed E-state index contributed by atoms with van der Waals surface area (Å²) in [6, 6.07) is 4.50. The maximum atomic E-state index is 12.8. The first kappa shape index (κ1) is 20.3. The van der Waals surface area contributed by atoms with Crippen LogP contribution in [0.25, 0.3) is 0 Å². The largest absolute Gasteiger partial charge is 0.407 e. The summed E-state index contributed by atoms with van der Waals surface area (Å²) >= 11 is 11.8. The average Bonchev–Trinajstić information content (AvgIpc) is 2.56. The van der Waals surface area contributed by atoms with Gasteiger partial charge in [-0.3, -0.25) is 0 Å². The summed E-state index contributed by atoms with van der Waals surface area (Å²) < 4.78 is 50.9. The number of carbonyl (C=O) groups excluding carboxylic acids is 1. The van der Waals surface area contributed by atoms with Gasteiger partial charge in [0.2, 0.25) is 0 Å². The zero-order valence-electron chi connectivity index (χ0n) is 13.0. The molecule has 0 radical (unpaired) electrons. The normalized spacial score (nSPS) is 12.6. The van der Waals surface area contributed by atoms with E-state index in [-0.39, 0.29) is 27.8 Å². The number of benzene rings is 2. The average molecular weight is 410 g/mol. The van der Waals surface area contributed by atoms with Crippen molar-refractivity contribution in [1.82, 2.24) is 5.32 Å². The second-order valence-electron chi connectivity index (χ2n) is 5.31. The third-order valence-corrected chi connectivity index (χ3v) is 3.98. The van der Waals surface area contributed by atoms with Gasteiger partial charge in [0.25, 0.3) is 0 Å². The van der Waals surface area contributed by atoms with Gasteiger partial charge in [-0.25, -0.2) is 9.18 Å². The van der Waals surface area contributed by atoms with Crippen LogP contribution in [0.4, 0.5) is 28.0 Å². The lowest BCUT2D eigenvalue weighted by molar-refractivity contribution is -0.149. The minimum atomic E-state index is -4.66. The van der Waals surface area contributed by atoms with Crippen LogP contribution in [0.2, 0.25) is 10.0 Å². The Kier molecular flexibility index (Phi) is 6.33. The number of hydrogen-bond donors (Lipinski definition) is 3. The van der Waals surface area contributed by atoms with Crippen molar-refractivity contribution in [2.24, 2.45) is 5.73 Å². The molecule has 2 amide bonds. The predicted molar refractivity (Wildman–Crippen MR) is 91.7 cm³/mol. The van der Waals surface area contributed by atoms with Crippen molar-refractivity contribution in [3.05, 3.63) is 63.4 Å². The van der Waals surface area contributed by atoms with Gasteiger partial charge in [-0.2, -0.15) is 13.2 Å². The molecule has 1 atom stereocenters. The number of anilines is 1. The van der Waals surface area contributed by atoms with Crippen molar-refractivity contribution in [3.63, 3.8) is 0 Å². The quantitative estimate of drug-likeness (QED) is 0.620. The summed E-state index contributed by atoms with van der Waals surface area (Å²) in [4.78, 5) is 11.9. The number of alkyl halides is 3. The van der Waals surface area contributed by atoms with Gasteiger partial charge < -0.3 is 16.4 Å². The van der Waals surface area contributed by atoms with Crippen LogP contribution in [0.5, 0.6) is 0 Å². The van der Waals surface area contributed by atoms with E-state index in [1.807, 2.05) is 0 Å². The first-order valence-electron chi connectivity index (χ1n) is 7.18. The molecule has 4 nitrogen and oxygen atoms in total. The van der Waals surface area contributed by atoms with Crippen molar-refractivity contribution < 1.29 is 22.4 Å². The maximum absolute atomic E-state index is 12.8. The fourth-order valence-electron chi connectivity index (χ4n) is 2.02. The zero-order valence-corrected chi connectivity index (χ0v) is 14.5. The molecule has 0 saturated carbocycles. The van der Waals surface area contributed by atoms with Gasteiger partial charge in [-0.1, -0.05) is 35.3 Å². The van der Waals surface area contributed by atoms with Crippen LogP contribution in [0.1, 0.15) is 17.2 Å². The van der Waals surface area contributed by atoms with E-state index in [2.05, 4.69) is 10.6 Å². The van der Waals surface area contributed by atoms with Crippen LogP contribution < -0.4 is 16.4 Å². The molecule has 2 rings (SSSR count). The first-order chi connectivity index (χ1) is 12.1. The number of hydrogen-bond acceptors (Lipinski definition) is 2. The number of urea groups is 1. The summed E-state index contributed by atoms with van der Waals surface area (Å²) in [6.07, 6.45) is -4.66. The van der Waals surface area contributed by atoms with E-state index in [1.54, 1.807) is 0 Å². The van der Waals surface area contributed by atoms with Gasteiger partial charge in [0.15, 0.2) is 0 Å². The summed E-state index contributed by atoms with van der Waals surface area (Å²) in [5, 5.41) is 4.46. The monoisotopic (exact) mass is 409 g/mol. The molecule has 0 heterocycles. The fourth-order valence-corrected chi connectivity index (χ4v) is 2.62. The van der Waals surface area contributed by atoms with Crippen LogP contribution >= 0.6 is 23.2 Å². The first-order valence-corrected chi connectivity index (χ1v) is 7.94. The number of rotatable bonds is 4. The van der Waals surface area contributed by atoms with Gasteiger partial charge in [0, 0.05) is 6.54 Å². The molecule has 0 saturated heterocycles. The number of halogens is 6. The van der Waals surface area contributed by atoms with E-state index in [0.29, 0.717) is 5.56 Å². The van der Waals surface area contributed by atoms with Gasteiger partial charge >= 0.3 is 12.2 Å². The Morgan fingerprint density at radius 3 is 2.15 bits per heavy atom. The molecule has 0 aromatic heterocycles. The second kappa shape index (κ2) is 8.11.